The zero-order valence-electron chi connectivity index (χ0n) is 11.4. The van der Waals surface area contributed by atoms with Crippen LogP contribution in [0.1, 0.15) is 25.1 Å². The molecule has 0 atom stereocenters. The Morgan fingerprint density at radius 2 is 2.30 bits per heavy atom. The van der Waals surface area contributed by atoms with Gasteiger partial charge < -0.3 is 20.8 Å². The maximum absolute atomic E-state index is 12.4. The van der Waals surface area contributed by atoms with Gasteiger partial charge >= 0.3 is 0 Å². The number of nitrogens with two attached hydrogens (primary N) is 1. The first-order valence-electron chi connectivity index (χ1n) is 6.79. The van der Waals surface area contributed by atoms with Gasteiger partial charge in [-0.3, -0.25) is 4.79 Å². The highest BCUT2D eigenvalue weighted by Crippen LogP contribution is 2.31. The maximum atomic E-state index is 12.4. The highest BCUT2D eigenvalue weighted by atomic mass is 32.1. The summed E-state index contributed by atoms with van der Waals surface area (Å²) in [6.07, 6.45) is 6.26. The molecule has 1 fully saturated rings. The third-order valence-corrected chi connectivity index (χ3v) is 4.07. The van der Waals surface area contributed by atoms with Crippen molar-refractivity contribution in [2.75, 3.05) is 19.8 Å². The van der Waals surface area contributed by atoms with Crippen LogP contribution in [0.25, 0.3) is 0 Å². The summed E-state index contributed by atoms with van der Waals surface area (Å²) < 4.78 is 5.29. The van der Waals surface area contributed by atoms with Gasteiger partial charge in [0.25, 0.3) is 0 Å². The van der Waals surface area contributed by atoms with E-state index in [9.17, 15) is 4.79 Å². The molecule has 6 nitrogen and oxygen atoms in total. The summed E-state index contributed by atoms with van der Waals surface area (Å²) in [6.45, 7) is 1.64. The molecule has 2 heterocycles. The second-order valence-corrected chi connectivity index (χ2v) is 5.39. The first-order chi connectivity index (χ1) is 9.65. The Labute approximate surface area is 123 Å². The van der Waals surface area contributed by atoms with Crippen LogP contribution in [-0.2, 0) is 16.0 Å². The van der Waals surface area contributed by atoms with Gasteiger partial charge in [-0.15, -0.1) is 0 Å². The predicted octanol–water partition coefficient (Wildman–Crippen LogP) is 0.541. The van der Waals surface area contributed by atoms with Crippen LogP contribution in [0.4, 0.5) is 0 Å². The van der Waals surface area contributed by atoms with E-state index in [1.165, 1.54) is 0 Å². The van der Waals surface area contributed by atoms with Gasteiger partial charge in [0, 0.05) is 38.6 Å². The zero-order valence-corrected chi connectivity index (χ0v) is 12.2. The lowest BCUT2D eigenvalue weighted by atomic mass is 9.79. The minimum absolute atomic E-state index is 0.0762. The number of aryl methyl sites for hydroxylation is 1. The second kappa shape index (κ2) is 6.81. The highest BCUT2D eigenvalue weighted by Gasteiger charge is 2.42. The summed E-state index contributed by atoms with van der Waals surface area (Å²) >= 11 is 5.09. The van der Waals surface area contributed by atoms with Gasteiger partial charge in [-0.1, -0.05) is 12.2 Å². The third kappa shape index (κ3) is 3.34. The summed E-state index contributed by atoms with van der Waals surface area (Å²) in [5.41, 5.74) is 5.05. The van der Waals surface area contributed by atoms with Gasteiger partial charge in [0.05, 0.1) is 4.99 Å². The monoisotopic (exact) mass is 296 g/mol. The van der Waals surface area contributed by atoms with E-state index in [1.807, 2.05) is 0 Å². The van der Waals surface area contributed by atoms with Crippen molar-refractivity contribution in [2.24, 2.45) is 11.1 Å². The average Bonchev–Trinajstić information content (AvgIpc) is 2.97. The molecule has 0 unspecified atom stereocenters. The molecule has 0 radical (unpaired) electrons. The quantitative estimate of drug-likeness (QED) is 0.526. The number of hydrogen-bond donors (Lipinski definition) is 3. The molecule has 0 aromatic carbocycles. The van der Waals surface area contributed by atoms with E-state index in [4.69, 9.17) is 22.7 Å². The summed E-state index contributed by atoms with van der Waals surface area (Å²) in [5, 5.41) is 2.93. The van der Waals surface area contributed by atoms with E-state index in [0.29, 0.717) is 32.6 Å². The van der Waals surface area contributed by atoms with Crippen molar-refractivity contribution in [1.29, 1.82) is 0 Å². The molecule has 1 aromatic heterocycles. The summed E-state index contributed by atoms with van der Waals surface area (Å²) in [6, 6.07) is 0. The Hall–Kier alpha value is -1.47. The van der Waals surface area contributed by atoms with E-state index < -0.39 is 5.41 Å². The van der Waals surface area contributed by atoms with Crippen molar-refractivity contribution < 1.29 is 9.53 Å². The number of H-pyrrole nitrogens is 1. The Kier molecular flexibility index (Phi) is 5.08. The van der Waals surface area contributed by atoms with Crippen molar-refractivity contribution in [2.45, 2.75) is 25.7 Å². The minimum atomic E-state index is -0.738. The Morgan fingerprint density at radius 3 is 2.90 bits per heavy atom. The molecule has 7 heteroatoms. The van der Waals surface area contributed by atoms with Crippen LogP contribution < -0.4 is 11.1 Å². The molecule has 0 saturated carbocycles. The Bertz CT molecular complexity index is 455. The smallest absolute Gasteiger partial charge is 0.233 e. The van der Waals surface area contributed by atoms with Crippen molar-refractivity contribution in [3.05, 3.63) is 18.2 Å². The first kappa shape index (κ1) is 14.9. The van der Waals surface area contributed by atoms with Gasteiger partial charge in [-0.05, 0) is 19.3 Å². The van der Waals surface area contributed by atoms with Gasteiger partial charge in [-0.2, -0.15) is 0 Å². The van der Waals surface area contributed by atoms with E-state index in [1.54, 1.807) is 12.4 Å². The first-order valence-corrected chi connectivity index (χ1v) is 7.20. The summed E-state index contributed by atoms with van der Waals surface area (Å²) in [5.74, 6) is 0.849. The van der Waals surface area contributed by atoms with Crippen LogP contribution in [0.2, 0.25) is 0 Å². The molecule has 1 amide bonds. The molecular weight excluding hydrogens is 276 g/mol. The van der Waals surface area contributed by atoms with Gasteiger partial charge in [0.2, 0.25) is 5.91 Å². The molecule has 4 N–H and O–H groups in total. The fourth-order valence-electron chi connectivity index (χ4n) is 2.37. The van der Waals surface area contributed by atoms with Crippen LogP contribution in [0, 0.1) is 5.41 Å². The highest BCUT2D eigenvalue weighted by molar-refractivity contribution is 7.80. The van der Waals surface area contributed by atoms with Crippen LogP contribution in [-0.4, -0.2) is 40.6 Å². The number of aromatic amines is 1. The normalized spacial score (nSPS) is 17.6. The van der Waals surface area contributed by atoms with E-state index in [-0.39, 0.29) is 10.9 Å². The van der Waals surface area contributed by atoms with Gasteiger partial charge in [0.15, 0.2) is 0 Å². The van der Waals surface area contributed by atoms with Gasteiger partial charge in [0.1, 0.15) is 11.2 Å². The van der Waals surface area contributed by atoms with Crippen molar-refractivity contribution in [3.8, 4) is 0 Å². The number of carbonyl (C=O) groups excluding carboxylic acids is 1. The fraction of sp³-hybridized carbons (Fsp3) is 0.615. The molecular formula is C13H20N4O2S. The van der Waals surface area contributed by atoms with Crippen molar-refractivity contribution in [3.63, 3.8) is 0 Å². The standard InChI is InChI=1S/C13H20N4O2S/c14-11(20)13(3-8-19-9-4-13)12(18)17-5-1-2-10-15-6-7-16-10/h6-7H,1-5,8-9H2,(H2,14,20)(H,15,16)(H,17,18). The zero-order chi connectivity index (χ0) is 14.4. The van der Waals surface area contributed by atoms with Crippen molar-refractivity contribution in [1.82, 2.24) is 15.3 Å². The number of amides is 1. The molecule has 1 aliphatic heterocycles. The maximum Gasteiger partial charge on any atom is 0.233 e. The number of carbonyl (C=O) groups is 1. The predicted molar refractivity (Wildman–Crippen MR) is 79.2 cm³/mol. The minimum Gasteiger partial charge on any atom is -0.392 e. The number of hydrogen-bond acceptors (Lipinski definition) is 4. The number of nitrogens with zero attached hydrogens (tertiary/aromatic N) is 1. The van der Waals surface area contributed by atoms with Crippen molar-refractivity contribution >= 4 is 23.1 Å². The topological polar surface area (TPSA) is 93.0 Å². The van der Waals surface area contributed by atoms with Crippen LogP contribution in [0.3, 0.4) is 0 Å². The van der Waals surface area contributed by atoms with E-state index in [2.05, 4.69) is 15.3 Å². The lowest BCUT2D eigenvalue weighted by Crippen LogP contribution is -2.52. The number of rotatable bonds is 6. The molecule has 0 spiro atoms. The molecule has 110 valence electrons. The number of thiocarbonyl (C=S) groups is 1. The largest absolute Gasteiger partial charge is 0.392 e. The number of aromatic nitrogens is 2. The Morgan fingerprint density at radius 1 is 1.55 bits per heavy atom. The number of imidazole rings is 1. The fourth-order valence-corrected chi connectivity index (χ4v) is 2.66. The SMILES string of the molecule is NC(=S)C1(C(=O)NCCCc2ncc[nH]2)CCOCC1. The lowest BCUT2D eigenvalue weighted by Gasteiger charge is -2.34. The lowest BCUT2D eigenvalue weighted by molar-refractivity contribution is -0.131. The Balaban J connectivity index is 1.81. The molecule has 20 heavy (non-hydrogen) atoms. The molecule has 2 rings (SSSR count). The van der Waals surface area contributed by atoms with E-state index in [0.717, 1.165) is 18.7 Å². The molecule has 1 aliphatic rings. The number of ether oxygens (including phenoxy) is 1. The van der Waals surface area contributed by atoms with Gasteiger partial charge in [-0.25, -0.2) is 4.98 Å². The van der Waals surface area contributed by atoms with Crippen LogP contribution in [0.15, 0.2) is 12.4 Å². The average molecular weight is 296 g/mol. The molecule has 0 aliphatic carbocycles. The molecule has 1 saturated heterocycles. The summed E-state index contributed by atoms with van der Waals surface area (Å²) in [4.78, 5) is 19.8. The second-order valence-electron chi connectivity index (χ2n) is 4.95. The molecule has 1 aromatic rings. The summed E-state index contributed by atoms with van der Waals surface area (Å²) in [7, 11) is 0. The van der Waals surface area contributed by atoms with Crippen LogP contribution >= 0.6 is 12.2 Å². The van der Waals surface area contributed by atoms with E-state index >= 15 is 0 Å². The number of nitrogens with one attached hydrogen (secondary N) is 2. The third-order valence-electron chi connectivity index (χ3n) is 3.68. The van der Waals surface area contributed by atoms with Crippen LogP contribution in [0.5, 0.6) is 0 Å². The molecule has 0 bridgehead atoms.